The first-order chi connectivity index (χ1) is 12.5. The fraction of sp³-hybridized carbons (Fsp3) is 0.588. The molecule has 0 unspecified atom stereocenters. The highest BCUT2D eigenvalue weighted by Crippen LogP contribution is 2.32. The van der Waals surface area contributed by atoms with E-state index in [9.17, 15) is 21.6 Å². The van der Waals surface area contributed by atoms with Gasteiger partial charge in [-0.3, -0.25) is 4.79 Å². The minimum absolute atomic E-state index is 0.0140. The number of hydrogen-bond acceptors (Lipinski definition) is 6. The molecule has 0 saturated carbocycles. The van der Waals surface area contributed by atoms with Crippen molar-refractivity contribution in [3.8, 4) is 5.75 Å². The lowest BCUT2D eigenvalue weighted by Gasteiger charge is -2.32. The predicted molar refractivity (Wildman–Crippen MR) is 103 cm³/mol. The molecule has 1 heterocycles. The number of nitrogens with zero attached hydrogens (tertiary/aromatic N) is 1. The molecule has 10 heteroatoms. The molecule has 0 bridgehead atoms. The summed E-state index contributed by atoms with van der Waals surface area (Å²) in [5.41, 5.74) is 0.245. The molecule has 2 atom stereocenters. The van der Waals surface area contributed by atoms with Gasteiger partial charge in [-0.1, -0.05) is 6.92 Å². The molecule has 1 saturated heterocycles. The van der Waals surface area contributed by atoms with Gasteiger partial charge in [0.15, 0.2) is 9.84 Å². The Morgan fingerprint density at radius 2 is 2.07 bits per heavy atom. The van der Waals surface area contributed by atoms with Gasteiger partial charge in [0, 0.05) is 19.0 Å². The van der Waals surface area contributed by atoms with E-state index < -0.39 is 25.9 Å². The normalized spacial score (nSPS) is 20.4. The molecule has 1 aliphatic rings. The Balaban J connectivity index is 2.51. The van der Waals surface area contributed by atoms with Crippen LogP contribution in [0.15, 0.2) is 23.1 Å². The van der Waals surface area contributed by atoms with Crippen LogP contribution in [-0.4, -0.2) is 57.7 Å². The number of sulfonamides is 1. The summed E-state index contributed by atoms with van der Waals surface area (Å²) in [5, 5.41) is 2.56. The summed E-state index contributed by atoms with van der Waals surface area (Å²) >= 11 is 0. The Labute approximate surface area is 160 Å². The summed E-state index contributed by atoms with van der Waals surface area (Å²) in [7, 11) is -5.79. The summed E-state index contributed by atoms with van der Waals surface area (Å²) in [6.45, 7) is 4.93. The summed E-state index contributed by atoms with van der Waals surface area (Å²) < 4.78 is 56.9. The molecule has 1 N–H and O–H groups in total. The van der Waals surface area contributed by atoms with Crippen molar-refractivity contribution in [3.05, 3.63) is 18.2 Å². The zero-order valence-electron chi connectivity index (χ0n) is 15.9. The second-order valence-corrected chi connectivity index (χ2v) is 10.8. The van der Waals surface area contributed by atoms with Gasteiger partial charge in [0.25, 0.3) is 0 Å². The fourth-order valence-corrected chi connectivity index (χ4v) is 6.96. The lowest BCUT2D eigenvalue weighted by molar-refractivity contribution is -0.114. The lowest BCUT2D eigenvalue weighted by atomic mass is 10.2. The van der Waals surface area contributed by atoms with Crippen molar-refractivity contribution >= 4 is 31.5 Å². The molecule has 1 aromatic rings. The Morgan fingerprint density at radius 1 is 1.41 bits per heavy atom. The van der Waals surface area contributed by atoms with Crippen LogP contribution in [0.5, 0.6) is 5.75 Å². The van der Waals surface area contributed by atoms with E-state index >= 15 is 0 Å². The van der Waals surface area contributed by atoms with E-state index in [4.69, 9.17) is 4.74 Å². The third-order valence-corrected chi connectivity index (χ3v) is 8.46. The smallest absolute Gasteiger partial charge is 0.243 e. The van der Waals surface area contributed by atoms with Crippen molar-refractivity contribution in [2.75, 3.05) is 23.9 Å². The zero-order chi connectivity index (χ0) is 20.4. The highest BCUT2D eigenvalue weighted by molar-refractivity contribution is 7.92. The highest BCUT2D eigenvalue weighted by atomic mass is 32.2. The number of rotatable bonds is 7. The molecule has 1 amide bonds. The molecule has 8 nitrogen and oxygen atoms in total. The minimum Gasteiger partial charge on any atom is -0.495 e. The number of benzene rings is 1. The number of sulfone groups is 1. The molecule has 1 aromatic carbocycles. The topological polar surface area (TPSA) is 110 Å². The van der Waals surface area contributed by atoms with Crippen LogP contribution in [0, 0.1) is 0 Å². The Kier molecular flexibility index (Phi) is 6.54. The standard InChI is InChI=1S/C17H26N2O6S2/c1-5-12(2)19(14-8-9-26(21,22)11-14)27(23,24)15-6-7-17(25-4)16(10-15)18-13(3)20/h6-7,10,12,14H,5,8-9,11H2,1-4H3,(H,18,20)/t12-,14-/m0/s1. The largest absolute Gasteiger partial charge is 0.495 e. The molecule has 1 fully saturated rings. The van der Waals surface area contributed by atoms with Crippen molar-refractivity contribution in [1.82, 2.24) is 4.31 Å². The third-order valence-electron chi connectivity index (χ3n) is 4.65. The number of carbonyl (C=O) groups is 1. The van der Waals surface area contributed by atoms with Crippen molar-refractivity contribution in [1.29, 1.82) is 0 Å². The van der Waals surface area contributed by atoms with Crippen molar-refractivity contribution in [2.24, 2.45) is 0 Å². The number of methoxy groups -OCH3 is 1. The number of carbonyl (C=O) groups excluding carboxylic acids is 1. The van der Waals surface area contributed by atoms with Crippen LogP contribution in [0.2, 0.25) is 0 Å². The summed E-state index contributed by atoms with van der Waals surface area (Å²) in [6, 6.07) is 3.26. The first-order valence-electron chi connectivity index (χ1n) is 8.71. The number of nitrogens with one attached hydrogen (secondary N) is 1. The van der Waals surface area contributed by atoms with Gasteiger partial charge in [-0.2, -0.15) is 4.31 Å². The average Bonchev–Trinajstić information content (AvgIpc) is 2.93. The first kappa shape index (κ1) is 21.6. The maximum Gasteiger partial charge on any atom is 0.243 e. The third kappa shape index (κ3) is 4.80. The van der Waals surface area contributed by atoms with Crippen molar-refractivity contribution < 1.29 is 26.4 Å². The average molecular weight is 419 g/mol. The van der Waals surface area contributed by atoms with Gasteiger partial charge in [0.1, 0.15) is 5.75 Å². The van der Waals surface area contributed by atoms with Crippen molar-refractivity contribution in [3.63, 3.8) is 0 Å². The fourth-order valence-electron chi connectivity index (χ4n) is 3.21. The van der Waals surface area contributed by atoms with Gasteiger partial charge in [-0.15, -0.1) is 0 Å². The minimum atomic E-state index is -3.97. The summed E-state index contributed by atoms with van der Waals surface area (Å²) in [4.78, 5) is 11.4. The van der Waals surface area contributed by atoms with Crippen molar-refractivity contribution in [2.45, 2.75) is 50.6 Å². The molecule has 0 aromatic heterocycles. The van der Waals surface area contributed by atoms with Crippen LogP contribution in [0.25, 0.3) is 0 Å². The monoisotopic (exact) mass is 418 g/mol. The van der Waals surface area contributed by atoms with Gasteiger partial charge < -0.3 is 10.1 Å². The van der Waals surface area contributed by atoms with Crippen LogP contribution in [0.4, 0.5) is 5.69 Å². The molecule has 152 valence electrons. The van der Waals surface area contributed by atoms with Crippen LogP contribution in [0.1, 0.15) is 33.6 Å². The number of hydrogen-bond donors (Lipinski definition) is 1. The summed E-state index contributed by atoms with van der Waals surface area (Å²) in [6.07, 6.45) is 0.825. The highest BCUT2D eigenvalue weighted by Gasteiger charge is 2.41. The van der Waals surface area contributed by atoms with E-state index in [1.807, 2.05) is 6.92 Å². The second-order valence-electron chi connectivity index (χ2n) is 6.69. The van der Waals surface area contributed by atoms with E-state index in [2.05, 4.69) is 5.32 Å². The Bertz CT molecular complexity index is 911. The van der Waals surface area contributed by atoms with Crippen LogP contribution in [-0.2, 0) is 24.7 Å². The first-order valence-corrected chi connectivity index (χ1v) is 12.0. The molecule has 2 rings (SSSR count). The van der Waals surface area contributed by atoms with Crippen LogP contribution < -0.4 is 10.1 Å². The van der Waals surface area contributed by atoms with Crippen LogP contribution in [0.3, 0.4) is 0 Å². The molecule has 0 spiro atoms. The Morgan fingerprint density at radius 3 is 2.56 bits per heavy atom. The zero-order valence-corrected chi connectivity index (χ0v) is 17.6. The number of ether oxygens (including phenoxy) is 1. The van der Waals surface area contributed by atoms with Crippen LogP contribution >= 0.6 is 0 Å². The SMILES string of the molecule is CC[C@H](C)N([C@H]1CCS(=O)(=O)C1)S(=O)(=O)c1ccc(OC)c(NC(C)=O)c1. The van der Waals surface area contributed by atoms with Gasteiger partial charge in [-0.05, 0) is 38.0 Å². The maximum absolute atomic E-state index is 13.3. The molecule has 27 heavy (non-hydrogen) atoms. The van der Waals surface area contributed by atoms with E-state index in [0.717, 1.165) is 0 Å². The van der Waals surface area contributed by atoms with Gasteiger partial charge in [0.2, 0.25) is 15.9 Å². The molecule has 1 aliphatic heterocycles. The molecule has 0 radical (unpaired) electrons. The quantitative estimate of drug-likeness (QED) is 0.721. The van der Waals surface area contributed by atoms with E-state index in [1.54, 1.807) is 6.92 Å². The van der Waals surface area contributed by atoms with E-state index in [1.165, 1.54) is 36.5 Å². The van der Waals surface area contributed by atoms with Gasteiger partial charge in [0.05, 0.1) is 29.2 Å². The summed E-state index contributed by atoms with van der Waals surface area (Å²) in [5.74, 6) is -0.211. The number of amides is 1. The lowest BCUT2D eigenvalue weighted by Crippen LogP contribution is -2.46. The van der Waals surface area contributed by atoms with Gasteiger partial charge in [-0.25, -0.2) is 16.8 Å². The molecular weight excluding hydrogens is 392 g/mol. The predicted octanol–water partition coefficient (Wildman–Crippen LogP) is 1.63. The molecular formula is C17H26N2O6S2. The van der Waals surface area contributed by atoms with Gasteiger partial charge >= 0.3 is 0 Å². The van der Waals surface area contributed by atoms with E-state index in [0.29, 0.717) is 12.2 Å². The molecule has 0 aliphatic carbocycles. The second kappa shape index (κ2) is 8.15. The Hall–Kier alpha value is -1.65. The number of anilines is 1. The maximum atomic E-state index is 13.3. The van der Waals surface area contributed by atoms with E-state index in [-0.39, 0.29) is 40.5 Å².